The van der Waals surface area contributed by atoms with Gasteiger partial charge in [-0.2, -0.15) is 0 Å². The number of amides is 3. The van der Waals surface area contributed by atoms with Crippen molar-refractivity contribution in [1.29, 1.82) is 0 Å². The molecule has 3 amide bonds. The van der Waals surface area contributed by atoms with E-state index >= 15 is 0 Å². The summed E-state index contributed by atoms with van der Waals surface area (Å²) < 4.78 is 4.83. The molecule has 9 heteroatoms. The first-order valence-corrected chi connectivity index (χ1v) is 5.73. The van der Waals surface area contributed by atoms with Gasteiger partial charge in [-0.3, -0.25) is 4.79 Å². The third-order valence-electron chi connectivity index (χ3n) is 2.59. The number of carbonyl (C=O) groups is 3. The molecular weight excluding hydrogens is 258 g/mol. The maximum absolute atomic E-state index is 11.7. The number of nitrogens with one attached hydrogen (secondary N) is 1. The van der Waals surface area contributed by atoms with E-state index in [1.807, 2.05) is 0 Å². The zero-order valence-electron chi connectivity index (χ0n) is 10.2. The number of aliphatic hydroxyl groups is 1. The topological polar surface area (TPSA) is 142 Å². The molecule has 0 bridgehead atoms. The lowest BCUT2D eigenvalue weighted by molar-refractivity contribution is -0.141. The summed E-state index contributed by atoms with van der Waals surface area (Å²) in [7, 11) is 0. The predicted molar refractivity (Wildman–Crippen MR) is 62.2 cm³/mol. The van der Waals surface area contributed by atoms with Crippen molar-refractivity contribution in [3.05, 3.63) is 0 Å². The molecule has 108 valence electrons. The van der Waals surface area contributed by atoms with E-state index in [9.17, 15) is 19.5 Å². The van der Waals surface area contributed by atoms with Crippen LogP contribution in [-0.2, 0) is 14.3 Å². The first kappa shape index (κ1) is 15.2. The van der Waals surface area contributed by atoms with Crippen LogP contribution in [0.25, 0.3) is 0 Å². The van der Waals surface area contributed by atoms with Crippen molar-refractivity contribution in [2.75, 3.05) is 26.3 Å². The average molecular weight is 275 g/mol. The Morgan fingerprint density at radius 3 is 2.68 bits per heavy atom. The molecule has 2 atom stereocenters. The van der Waals surface area contributed by atoms with Crippen molar-refractivity contribution < 1.29 is 29.3 Å². The Bertz CT molecular complexity index is 361. The number of likely N-dealkylation sites (tertiary alicyclic amines) is 1. The fourth-order valence-electron chi connectivity index (χ4n) is 1.78. The largest absolute Gasteiger partial charge is 0.480 e. The molecule has 19 heavy (non-hydrogen) atoms. The molecule has 0 aliphatic carbocycles. The number of ether oxygens (including phenoxy) is 1. The van der Waals surface area contributed by atoms with Crippen LogP contribution in [0.2, 0.25) is 0 Å². The Balaban J connectivity index is 2.32. The van der Waals surface area contributed by atoms with E-state index in [2.05, 4.69) is 5.32 Å². The van der Waals surface area contributed by atoms with Crippen LogP contribution < -0.4 is 11.1 Å². The summed E-state index contributed by atoms with van der Waals surface area (Å²) in [6.07, 6.45) is -0.820. The van der Waals surface area contributed by atoms with Crippen molar-refractivity contribution in [3.8, 4) is 0 Å². The molecule has 1 rings (SSSR count). The van der Waals surface area contributed by atoms with Crippen LogP contribution in [-0.4, -0.2) is 71.5 Å². The highest BCUT2D eigenvalue weighted by molar-refractivity contribution is 5.83. The lowest BCUT2D eigenvalue weighted by Gasteiger charge is -2.21. The van der Waals surface area contributed by atoms with E-state index < -0.39 is 30.1 Å². The maximum atomic E-state index is 11.7. The van der Waals surface area contributed by atoms with Gasteiger partial charge in [0.1, 0.15) is 12.6 Å². The van der Waals surface area contributed by atoms with Gasteiger partial charge in [0.25, 0.3) is 0 Å². The van der Waals surface area contributed by atoms with E-state index in [-0.39, 0.29) is 32.7 Å². The molecular formula is C10H17N3O6. The Kier molecular flexibility index (Phi) is 5.52. The minimum atomic E-state index is -1.16. The number of primary amides is 1. The van der Waals surface area contributed by atoms with E-state index in [1.165, 1.54) is 0 Å². The zero-order chi connectivity index (χ0) is 14.4. The summed E-state index contributed by atoms with van der Waals surface area (Å²) in [6.45, 7) is -0.0607. The number of carboxylic acid groups (broad SMARTS) is 1. The molecule has 1 aliphatic rings. The second-order valence-corrected chi connectivity index (χ2v) is 4.15. The molecule has 1 aliphatic heterocycles. The van der Waals surface area contributed by atoms with Gasteiger partial charge < -0.3 is 30.9 Å². The molecule has 1 fully saturated rings. The zero-order valence-corrected chi connectivity index (χ0v) is 10.2. The molecule has 1 heterocycles. The molecule has 5 N–H and O–H groups in total. The fourth-order valence-corrected chi connectivity index (χ4v) is 1.78. The Morgan fingerprint density at radius 1 is 1.42 bits per heavy atom. The Hall–Kier alpha value is -1.87. The van der Waals surface area contributed by atoms with Gasteiger partial charge in [0.05, 0.1) is 12.7 Å². The van der Waals surface area contributed by atoms with E-state index in [0.29, 0.717) is 0 Å². The number of hydrogen-bond acceptors (Lipinski definition) is 5. The van der Waals surface area contributed by atoms with Gasteiger partial charge in [-0.1, -0.05) is 0 Å². The molecule has 0 aromatic heterocycles. The first-order chi connectivity index (χ1) is 8.91. The van der Waals surface area contributed by atoms with Gasteiger partial charge in [-0.05, 0) is 0 Å². The number of rotatable bonds is 6. The third kappa shape index (κ3) is 4.72. The highest BCUT2D eigenvalue weighted by Crippen LogP contribution is 2.17. The lowest BCUT2D eigenvalue weighted by Crippen LogP contribution is -2.47. The van der Waals surface area contributed by atoms with Crippen molar-refractivity contribution in [2.45, 2.75) is 18.6 Å². The lowest BCUT2D eigenvalue weighted by atomic mass is 10.2. The minimum absolute atomic E-state index is 0.0148. The number of nitrogens with two attached hydrogens (primary N) is 1. The summed E-state index contributed by atoms with van der Waals surface area (Å²) in [5.41, 5.74) is 4.85. The number of urea groups is 1. The molecule has 0 spiro atoms. The summed E-state index contributed by atoms with van der Waals surface area (Å²) in [6, 6.07) is -1.62. The van der Waals surface area contributed by atoms with Gasteiger partial charge in [-0.15, -0.1) is 0 Å². The van der Waals surface area contributed by atoms with Crippen LogP contribution in [0.3, 0.4) is 0 Å². The molecule has 0 saturated carbocycles. The highest BCUT2D eigenvalue weighted by Gasteiger charge is 2.38. The average Bonchev–Trinajstić information content (AvgIpc) is 2.70. The van der Waals surface area contributed by atoms with Gasteiger partial charge in [-0.25, -0.2) is 9.59 Å². The summed E-state index contributed by atoms with van der Waals surface area (Å²) >= 11 is 0. The van der Waals surface area contributed by atoms with Gasteiger partial charge in [0, 0.05) is 19.5 Å². The maximum Gasteiger partial charge on any atom is 0.326 e. The molecule has 9 nitrogen and oxygen atoms in total. The standard InChI is InChI=1S/C10H17N3O6/c11-8(15)5-19-2-1-12-10(18)13-4-6(14)3-7(13)9(16)17/h6-7,14H,1-5H2,(H2,11,15)(H,12,18)(H,16,17)/t6-,7-/m0/s1. The van der Waals surface area contributed by atoms with Gasteiger partial charge in [0.15, 0.2) is 0 Å². The number of β-amino-alcohol motifs (C(OH)–C–C–N with tert-alkyl or cyclic N) is 1. The molecule has 1 saturated heterocycles. The number of hydrogen-bond donors (Lipinski definition) is 4. The second-order valence-electron chi connectivity index (χ2n) is 4.15. The predicted octanol–water partition coefficient (Wildman–Crippen LogP) is -2.28. The molecule has 0 unspecified atom stereocenters. The summed E-state index contributed by atoms with van der Waals surface area (Å²) in [5, 5.41) is 20.7. The molecule has 0 radical (unpaired) electrons. The fraction of sp³-hybridized carbons (Fsp3) is 0.700. The van der Waals surface area contributed by atoms with Crippen LogP contribution in [0.4, 0.5) is 4.79 Å². The van der Waals surface area contributed by atoms with Crippen LogP contribution in [0.5, 0.6) is 0 Å². The summed E-state index contributed by atoms with van der Waals surface area (Å²) in [4.78, 5) is 34.0. The Morgan fingerprint density at radius 2 is 2.11 bits per heavy atom. The van der Waals surface area contributed by atoms with Crippen LogP contribution >= 0.6 is 0 Å². The number of carboxylic acids is 1. The van der Waals surface area contributed by atoms with Gasteiger partial charge in [0.2, 0.25) is 5.91 Å². The third-order valence-corrected chi connectivity index (χ3v) is 2.59. The second kappa shape index (κ2) is 6.90. The van der Waals surface area contributed by atoms with Crippen LogP contribution in [0.1, 0.15) is 6.42 Å². The van der Waals surface area contributed by atoms with E-state index in [4.69, 9.17) is 15.6 Å². The van der Waals surface area contributed by atoms with E-state index in [1.54, 1.807) is 0 Å². The first-order valence-electron chi connectivity index (χ1n) is 5.73. The normalized spacial score (nSPS) is 22.3. The number of aliphatic hydroxyl groups excluding tert-OH is 1. The quantitative estimate of drug-likeness (QED) is 0.402. The van der Waals surface area contributed by atoms with Crippen molar-refractivity contribution in [2.24, 2.45) is 5.73 Å². The molecule has 0 aromatic carbocycles. The van der Waals surface area contributed by atoms with E-state index in [0.717, 1.165) is 4.90 Å². The van der Waals surface area contributed by atoms with Crippen molar-refractivity contribution >= 4 is 17.9 Å². The van der Waals surface area contributed by atoms with Crippen molar-refractivity contribution in [1.82, 2.24) is 10.2 Å². The SMILES string of the molecule is NC(=O)COCCNC(=O)N1C[C@@H](O)C[C@H]1C(=O)O. The Labute approximate surface area is 109 Å². The number of nitrogens with zero attached hydrogens (tertiary/aromatic N) is 1. The number of carbonyl (C=O) groups excluding carboxylic acids is 2. The van der Waals surface area contributed by atoms with Crippen molar-refractivity contribution in [3.63, 3.8) is 0 Å². The monoisotopic (exact) mass is 275 g/mol. The van der Waals surface area contributed by atoms with Crippen LogP contribution in [0, 0.1) is 0 Å². The summed E-state index contributed by atoms with van der Waals surface area (Å²) in [5.74, 6) is -1.77. The number of aliphatic carboxylic acids is 1. The molecule has 0 aromatic rings. The highest BCUT2D eigenvalue weighted by atomic mass is 16.5. The smallest absolute Gasteiger partial charge is 0.326 e. The van der Waals surface area contributed by atoms with Crippen LogP contribution in [0.15, 0.2) is 0 Å². The van der Waals surface area contributed by atoms with Gasteiger partial charge >= 0.3 is 12.0 Å². The minimum Gasteiger partial charge on any atom is -0.480 e.